The van der Waals surface area contributed by atoms with Crippen LogP contribution in [0.4, 0.5) is 0 Å². The van der Waals surface area contributed by atoms with E-state index in [0.29, 0.717) is 0 Å². The summed E-state index contributed by atoms with van der Waals surface area (Å²) in [5.41, 5.74) is 6.37. The molecule has 0 saturated carbocycles. The van der Waals surface area contributed by atoms with Crippen molar-refractivity contribution in [2.45, 2.75) is 13.8 Å². The lowest BCUT2D eigenvalue weighted by Crippen LogP contribution is -1.92. The van der Waals surface area contributed by atoms with Crippen molar-refractivity contribution in [3.63, 3.8) is 0 Å². The minimum atomic E-state index is 1.21. The molecule has 0 saturated heterocycles. The highest BCUT2D eigenvalue weighted by Gasteiger charge is 2.17. The minimum absolute atomic E-state index is 1.21. The molecule has 0 aliphatic heterocycles. The lowest BCUT2D eigenvalue weighted by Gasteiger charge is -2.07. The Balaban J connectivity index is 1.92. The Labute approximate surface area is 167 Å². The van der Waals surface area contributed by atoms with Crippen molar-refractivity contribution in [2.24, 2.45) is 0 Å². The van der Waals surface area contributed by atoms with Crippen LogP contribution >= 0.6 is 11.3 Å². The van der Waals surface area contributed by atoms with Crippen molar-refractivity contribution in [3.05, 3.63) is 90.0 Å². The Morgan fingerprint density at radius 1 is 0.607 bits per heavy atom. The molecule has 0 fully saturated rings. The highest BCUT2D eigenvalue weighted by molar-refractivity contribution is 7.26. The summed E-state index contributed by atoms with van der Waals surface area (Å²) in [5, 5.41) is 5.48. The molecule has 6 aromatic rings. The third-order valence-electron chi connectivity index (χ3n) is 5.69. The Bertz CT molecular complexity index is 1520. The number of aromatic nitrogens is 1. The van der Waals surface area contributed by atoms with E-state index in [-0.39, 0.29) is 0 Å². The zero-order valence-corrected chi connectivity index (χ0v) is 16.7. The third-order valence-corrected chi connectivity index (χ3v) is 6.82. The smallest absolute Gasteiger partial charge is 0.0548 e. The number of para-hydroxylation sites is 1. The first-order chi connectivity index (χ1) is 13.7. The standard InChI is InChI=1S/C26H19NS/c1-16-8-10-21-19(14-16)25-22(27(21)18-6-4-3-5-7-18)11-13-24-26(25)20-15-17(2)9-12-23(20)28-24/h3-15H,1-2H3. The molecule has 0 amide bonds. The average molecular weight is 378 g/mol. The van der Waals surface area contributed by atoms with Gasteiger partial charge in [-0.25, -0.2) is 0 Å². The number of aryl methyl sites for hydroxylation is 2. The Kier molecular flexibility index (Phi) is 3.24. The molecule has 4 aromatic carbocycles. The fourth-order valence-electron chi connectivity index (χ4n) is 4.46. The van der Waals surface area contributed by atoms with Crippen molar-refractivity contribution >= 4 is 53.3 Å². The first-order valence-corrected chi connectivity index (χ1v) is 10.4. The normalized spacial score (nSPS) is 11.9. The summed E-state index contributed by atoms with van der Waals surface area (Å²) in [6.45, 7) is 4.36. The van der Waals surface area contributed by atoms with Gasteiger partial charge < -0.3 is 4.57 Å². The van der Waals surface area contributed by atoms with Gasteiger partial charge in [-0.15, -0.1) is 11.3 Å². The van der Waals surface area contributed by atoms with Gasteiger partial charge in [0.15, 0.2) is 0 Å². The van der Waals surface area contributed by atoms with E-state index in [0.717, 1.165) is 0 Å². The lowest BCUT2D eigenvalue weighted by molar-refractivity contribution is 1.18. The van der Waals surface area contributed by atoms with E-state index < -0.39 is 0 Å². The second kappa shape index (κ2) is 5.70. The molecule has 0 atom stereocenters. The van der Waals surface area contributed by atoms with Crippen LogP contribution in [-0.4, -0.2) is 4.57 Å². The SMILES string of the molecule is Cc1ccc2sc3ccc4c(c5cc(C)ccc5n4-c4ccccc4)c3c2c1. The molecule has 0 aliphatic rings. The van der Waals surface area contributed by atoms with Crippen molar-refractivity contribution in [1.29, 1.82) is 0 Å². The summed E-state index contributed by atoms with van der Waals surface area (Å²) in [7, 11) is 0. The summed E-state index contributed by atoms with van der Waals surface area (Å²) >= 11 is 1.89. The number of benzene rings is 4. The summed E-state index contributed by atoms with van der Waals surface area (Å²) < 4.78 is 5.13. The van der Waals surface area contributed by atoms with Gasteiger partial charge in [-0.05, 0) is 62.4 Å². The van der Waals surface area contributed by atoms with Gasteiger partial charge in [0.05, 0.1) is 11.0 Å². The van der Waals surface area contributed by atoms with Gasteiger partial charge >= 0.3 is 0 Å². The molecule has 0 unspecified atom stereocenters. The Morgan fingerprint density at radius 3 is 2.11 bits per heavy atom. The largest absolute Gasteiger partial charge is 0.309 e. The summed E-state index contributed by atoms with van der Waals surface area (Å²) in [6.07, 6.45) is 0. The van der Waals surface area contributed by atoms with Crippen molar-refractivity contribution < 1.29 is 0 Å². The van der Waals surface area contributed by atoms with Gasteiger partial charge in [-0.2, -0.15) is 0 Å². The summed E-state index contributed by atoms with van der Waals surface area (Å²) in [6, 6.07) is 28.9. The van der Waals surface area contributed by atoms with Gasteiger partial charge in [0.25, 0.3) is 0 Å². The number of hydrogen-bond acceptors (Lipinski definition) is 1. The third kappa shape index (κ3) is 2.12. The highest BCUT2D eigenvalue weighted by Crippen LogP contribution is 2.43. The maximum atomic E-state index is 2.41. The molecule has 0 bridgehead atoms. The van der Waals surface area contributed by atoms with E-state index in [1.807, 2.05) is 11.3 Å². The van der Waals surface area contributed by atoms with Crippen LogP contribution in [-0.2, 0) is 0 Å². The van der Waals surface area contributed by atoms with E-state index in [4.69, 9.17) is 0 Å². The van der Waals surface area contributed by atoms with E-state index >= 15 is 0 Å². The molecule has 2 aromatic heterocycles. The predicted octanol–water partition coefficient (Wildman–Crippen LogP) is 7.77. The van der Waals surface area contributed by atoms with Crippen LogP contribution in [0, 0.1) is 13.8 Å². The number of thiophene rings is 1. The highest BCUT2D eigenvalue weighted by atomic mass is 32.1. The van der Waals surface area contributed by atoms with Crippen LogP contribution < -0.4 is 0 Å². The van der Waals surface area contributed by atoms with Gasteiger partial charge in [-0.3, -0.25) is 0 Å². The first kappa shape index (κ1) is 15.9. The zero-order valence-electron chi connectivity index (χ0n) is 15.9. The van der Waals surface area contributed by atoms with E-state index in [1.54, 1.807) is 0 Å². The maximum Gasteiger partial charge on any atom is 0.0548 e. The lowest BCUT2D eigenvalue weighted by atomic mass is 10.0. The summed E-state index contributed by atoms with van der Waals surface area (Å²) in [5.74, 6) is 0. The van der Waals surface area contributed by atoms with Crippen LogP contribution in [0.25, 0.3) is 47.7 Å². The molecule has 0 radical (unpaired) electrons. The zero-order chi connectivity index (χ0) is 18.8. The molecule has 2 heterocycles. The molecule has 0 spiro atoms. The van der Waals surface area contributed by atoms with Crippen LogP contribution in [0.5, 0.6) is 0 Å². The fourth-order valence-corrected chi connectivity index (χ4v) is 5.55. The van der Waals surface area contributed by atoms with Gasteiger partial charge in [0.1, 0.15) is 0 Å². The molecule has 134 valence electrons. The molecule has 0 N–H and O–H groups in total. The molecule has 28 heavy (non-hydrogen) atoms. The van der Waals surface area contributed by atoms with Gasteiger partial charge in [-0.1, -0.05) is 41.5 Å². The minimum Gasteiger partial charge on any atom is -0.309 e. The molecule has 0 aliphatic carbocycles. The molecular formula is C26H19NS. The van der Waals surface area contributed by atoms with Gasteiger partial charge in [0, 0.05) is 36.6 Å². The first-order valence-electron chi connectivity index (χ1n) is 9.63. The summed E-state index contributed by atoms with van der Waals surface area (Å²) in [4.78, 5) is 0. The number of fused-ring (bicyclic) bond motifs is 7. The molecule has 6 rings (SSSR count). The van der Waals surface area contributed by atoms with Crippen LogP contribution in [0.15, 0.2) is 78.9 Å². The van der Waals surface area contributed by atoms with Crippen molar-refractivity contribution in [1.82, 2.24) is 4.57 Å². The predicted molar refractivity (Wildman–Crippen MR) is 123 cm³/mol. The maximum absolute atomic E-state index is 2.41. The monoisotopic (exact) mass is 377 g/mol. The van der Waals surface area contributed by atoms with Crippen molar-refractivity contribution in [2.75, 3.05) is 0 Å². The van der Waals surface area contributed by atoms with Crippen LogP contribution in [0.2, 0.25) is 0 Å². The van der Waals surface area contributed by atoms with Crippen molar-refractivity contribution in [3.8, 4) is 5.69 Å². The second-order valence-corrected chi connectivity index (χ2v) is 8.71. The molecule has 2 heteroatoms. The number of rotatable bonds is 1. The van der Waals surface area contributed by atoms with E-state index in [2.05, 4.69) is 97.3 Å². The Morgan fingerprint density at radius 2 is 1.29 bits per heavy atom. The van der Waals surface area contributed by atoms with Crippen LogP contribution in [0.1, 0.15) is 11.1 Å². The quantitative estimate of drug-likeness (QED) is 0.276. The average Bonchev–Trinajstić information content (AvgIpc) is 3.23. The molecule has 1 nitrogen and oxygen atoms in total. The molecular weight excluding hydrogens is 358 g/mol. The number of nitrogens with zero attached hydrogens (tertiary/aromatic N) is 1. The number of hydrogen-bond donors (Lipinski definition) is 0. The van der Waals surface area contributed by atoms with E-state index in [1.165, 1.54) is 58.8 Å². The Hall–Kier alpha value is -3.10. The second-order valence-electron chi connectivity index (χ2n) is 7.63. The fraction of sp³-hybridized carbons (Fsp3) is 0.0769. The topological polar surface area (TPSA) is 4.93 Å². The van der Waals surface area contributed by atoms with E-state index in [9.17, 15) is 0 Å². The van der Waals surface area contributed by atoms with Crippen LogP contribution in [0.3, 0.4) is 0 Å². The van der Waals surface area contributed by atoms with Gasteiger partial charge in [0.2, 0.25) is 0 Å².